The van der Waals surface area contributed by atoms with Gasteiger partial charge in [-0.05, 0) is 0 Å². The zero-order chi connectivity index (χ0) is 13.7. The summed E-state index contributed by atoms with van der Waals surface area (Å²) in [5.41, 5.74) is 0. The molecule has 0 aromatic rings. The normalized spacial score (nSPS) is 17.9. The molecule has 1 saturated heterocycles. The molecule has 1 heterocycles. The molecule has 0 saturated carbocycles. The molecule has 0 bridgehead atoms. The lowest BCUT2D eigenvalue weighted by atomic mass is 10.2. The number of hydrogen-bond donors (Lipinski definition) is 2. The number of methoxy groups -OCH3 is 1. The Morgan fingerprint density at radius 2 is 1.94 bits per heavy atom. The molecule has 1 rings (SSSR count). The minimum Gasteiger partial charge on any atom is -0.467 e. The molecule has 0 aromatic carbocycles. The summed E-state index contributed by atoms with van der Waals surface area (Å²) in [4.78, 5) is 46.2. The van der Waals surface area contributed by atoms with Crippen LogP contribution in [0.3, 0.4) is 0 Å². The second-order valence-electron chi connectivity index (χ2n) is 3.92. The maximum atomic E-state index is 11.4. The molecule has 0 spiro atoms. The number of ether oxygens (including phenoxy) is 1. The number of carbonyl (C=O) groups is 4. The van der Waals surface area contributed by atoms with Crippen LogP contribution in [-0.4, -0.2) is 61.4 Å². The van der Waals surface area contributed by atoms with Crippen LogP contribution < -0.4 is 10.6 Å². The van der Waals surface area contributed by atoms with Crippen LogP contribution in [-0.2, 0) is 23.9 Å². The Morgan fingerprint density at radius 1 is 1.39 bits per heavy atom. The molecule has 1 unspecified atom stereocenters. The van der Waals surface area contributed by atoms with Gasteiger partial charge in [0.1, 0.15) is 6.04 Å². The molecule has 0 aromatic heterocycles. The molecule has 1 aliphatic rings. The lowest BCUT2D eigenvalue weighted by molar-refractivity contribution is -0.147. The molecule has 0 aliphatic carbocycles. The van der Waals surface area contributed by atoms with Crippen LogP contribution in [0.25, 0.3) is 0 Å². The Labute approximate surface area is 104 Å². The minimum absolute atomic E-state index is 0.00117. The van der Waals surface area contributed by atoms with Crippen molar-refractivity contribution in [1.82, 2.24) is 15.5 Å². The number of imide groups is 1. The molecule has 1 fully saturated rings. The van der Waals surface area contributed by atoms with Gasteiger partial charge in [-0.3, -0.25) is 24.6 Å². The molecule has 0 radical (unpaired) electrons. The van der Waals surface area contributed by atoms with Crippen molar-refractivity contribution in [3.63, 3.8) is 0 Å². The zero-order valence-electron chi connectivity index (χ0n) is 10.2. The first-order chi connectivity index (χ1) is 8.42. The highest BCUT2D eigenvalue weighted by Gasteiger charge is 2.28. The first-order valence-corrected chi connectivity index (χ1v) is 5.32. The van der Waals surface area contributed by atoms with Crippen molar-refractivity contribution in [3.8, 4) is 0 Å². The Bertz CT molecular complexity index is 366. The lowest BCUT2D eigenvalue weighted by Crippen LogP contribution is -2.56. The Hall–Kier alpha value is -1.96. The highest BCUT2D eigenvalue weighted by molar-refractivity contribution is 5.99. The van der Waals surface area contributed by atoms with Gasteiger partial charge in [0, 0.05) is 13.5 Å². The predicted molar refractivity (Wildman–Crippen MR) is 59.2 cm³/mol. The van der Waals surface area contributed by atoms with Crippen molar-refractivity contribution < 1.29 is 23.9 Å². The van der Waals surface area contributed by atoms with E-state index in [1.807, 2.05) is 0 Å². The maximum Gasteiger partial charge on any atom is 0.329 e. The van der Waals surface area contributed by atoms with Crippen LogP contribution in [0.1, 0.15) is 6.92 Å². The summed E-state index contributed by atoms with van der Waals surface area (Å²) >= 11 is 0. The molecule has 18 heavy (non-hydrogen) atoms. The van der Waals surface area contributed by atoms with Crippen molar-refractivity contribution in [1.29, 1.82) is 0 Å². The van der Waals surface area contributed by atoms with E-state index < -0.39 is 29.7 Å². The van der Waals surface area contributed by atoms with E-state index in [0.717, 1.165) is 0 Å². The number of amides is 3. The summed E-state index contributed by atoms with van der Waals surface area (Å²) in [7, 11) is 1.20. The molecule has 1 atom stereocenters. The minimum atomic E-state index is -0.897. The van der Waals surface area contributed by atoms with Crippen LogP contribution in [0.5, 0.6) is 0 Å². The van der Waals surface area contributed by atoms with Crippen molar-refractivity contribution in [3.05, 3.63) is 0 Å². The summed E-state index contributed by atoms with van der Waals surface area (Å²) in [6, 6.07) is -0.897. The number of hydrogen-bond acceptors (Lipinski definition) is 6. The van der Waals surface area contributed by atoms with Crippen LogP contribution in [0, 0.1) is 0 Å². The summed E-state index contributed by atoms with van der Waals surface area (Å²) in [6.07, 6.45) is 0. The molecule has 100 valence electrons. The molecule has 3 amide bonds. The van der Waals surface area contributed by atoms with Crippen molar-refractivity contribution in [2.24, 2.45) is 0 Å². The van der Waals surface area contributed by atoms with Gasteiger partial charge in [0.25, 0.3) is 0 Å². The van der Waals surface area contributed by atoms with Crippen molar-refractivity contribution in [2.75, 3.05) is 26.7 Å². The standard InChI is InChI=1S/C10H15N3O5/c1-6(14)11-7(10(17)18-2)3-13-4-8(15)12-9(16)5-13/h7H,3-5H2,1-2H3,(H,11,14)(H,12,15,16). The van der Waals surface area contributed by atoms with Gasteiger partial charge in [0.05, 0.1) is 20.2 Å². The van der Waals surface area contributed by atoms with E-state index in [0.29, 0.717) is 0 Å². The van der Waals surface area contributed by atoms with Gasteiger partial charge >= 0.3 is 5.97 Å². The summed E-state index contributed by atoms with van der Waals surface area (Å²) < 4.78 is 4.54. The zero-order valence-corrected chi connectivity index (χ0v) is 10.2. The first kappa shape index (κ1) is 14.1. The predicted octanol–water partition coefficient (Wildman–Crippen LogP) is -2.38. The van der Waals surface area contributed by atoms with Gasteiger partial charge < -0.3 is 10.1 Å². The van der Waals surface area contributed by atoms with Crippen LogP contribution in [0.2, 0.25) is 0 Å². The van der Waals surface area contributed by atoms with E-state index in [9.17, 15) is 19.2 Å². The van der Waals surface area contributed by atoms with E-state index in [1.54, 1.807) is 0 Å². The van der Waals surface area contributed by atoms with Crippen LogP contribution in [0.4, 0.5) is 0 Å². The number of nitrogens with zero attached hydrogens (tertiary/aromatic N) is 1. The van der Waals surface area contributed by atoms with Crippen LogP contribution in [0.15, 0.2) is 0 Å². The summed E-state index contributed by atoms with van der Waals surface area (Å²) in [5, 5.41) is 4.55. The number of piperazine rings is 1. The van der Waals surface area contributed by atoms with Gasteiger partial charge in [-0.25, -0.2) is 4.79 Å². The molecular weight excluding hydrogens is 242 g/mol. The Balaban J connectivity index is 2.64. The second-order valence-corrected chi connectivity index (χ2v) is 3.92. The van der Waals surface area contributed by atoms with Gasteiger partial charge in [0.15, 0.2) is 0 Å². The van der Waals surface area contributed by atoms with Crippen molar-refractivity contribution >= 4 is 23.7 Å². The monoisotopic (exact) mass is 257 g/mol. The fourth-order valence-electron chi connectivity index (χ4n) is 1.65. The third-order valence-electron chi connectivity index (χ3n) is 2.32. The smallest absolute Gasteiger partial charge is 0.329 e. The maximum absolute atomic E-state index is 11.4. The van der Waals surface area contributed by atoms with E-state index in [-0.39, 0.29) is 19.6 Å². The third-order valence-corrected chi connectivity index (χ3v) is 2.32. The molecular formula is C10H15N3O5. The van der Waals surface area contributed by atoms with E-state index >= 15 is 0 Å². The number of esters is 1. The van der Waals surface area contributed by atoms with Gasteiger partial charge in [-0.2, -0.15) is 0 Å². The van der Waals surface area contributed by atoms with E-state index in [4.69, 9.17) is 0 Å². The number of nitrogens with one attached hydrogen (secondary N) is 2. The fraction of sp³-hybridized carbons (Fsp3) is 0.600. The van der Waals surface area contributed by atoms with Gasteiger partial charge in [0.2, 0.25) is 17.7 Å². The highest BCUT2D eigenvalue weighted by Crippen LogP contribution is 1.99. The summed E-state index contributed by atoms with van der Waals surface area (Å²) in [6.45, 7) is 1.31. The van der Waals surface area contributed by atoms with E-state index in [1.165, 1.54) is 18.9 Å². The number of rotatable bonds is 4. The lowest BCUT2D eigenvalue weighted by Gasteiger charge is -2.28. The Kier molecular flexibility index (Phi) is 4.78. The second kappa shape index (κ2) is 6.10. The largest absolute Gasteiger partial charge is 0.467 e. The fourth-order valence-corrected chi connectivity index (χ4v) is 1.65. The SMILES string of the molecule is COC(=O)C(CN1CC(=O)NC(=O)C1)NC(C)=O. The average Bonchev–Trinajstić information content (AvgIpc) is 2.25. The van der Waals surface area contributed by atoms with Crippen LogP contribution >= 0.6 is 0 Å². The third kappa shape index (κ3) is 4.13. The van der Waals surface area contributed by atoms with Gasteiger partial charge in [-0.15, -0.1) is 0 Å². The average molecular weight is 257 g/mol. The Morgan fingerprint density at radius 3 is 2.39 bits per heavy atom. The first-order valence-electron chi connectivity index (χ1n) is 5.32. The molecule has 8 nitrogen and oxygen atoms in total. The summed E-state index contributed by atoms with van der Waals surface area (Å²) in [5.74, 6) is -1.88. The van der Waals surface area contributed by atoms with E-state index in [2.05, 4.69) is 15.4 Å². The molecule has 1 aliphatic heterocycles. The quantitative estimate of drug-likeness (QED) is 0.430. The highest BCUT2D eigenvalue weighted by atomic mass is 16.5. The van der Waals surface area contributed by atoms with Gasteiger partial charge in [-0.1, -0.05) is 0 Å². The topological polar surface area (TPSA) is 105 Å². The molecule has 8 heteroatoms. The van der Waals surface area contributed by atoms with Crippen molar-refractivity contribution in [2.45, 2.75) is 13.0 Å². The number of carbonyl (C=O) groups excluding carboxylic acids is 4. The molecule has 2 N–H and O–H groups in total.